The minimum absolute atomic E-state index is 0.0215. The highest BCUT2D eigenvalue weighted by Gasteiger charge is 2.39. The molecule has 0 saturated heterocycles. The maximum absolute atomic E-state index is 11.6. The number of amides is 2. The second-order valence-electron chi connectivity index (χ2n) is 3.49. The standard InChI is InChI=1S/C10H11NO3/c1-6-3-2-4-7-8(6)10(14)11(5-12)9(7)13/h2-3,6,12H,4-5H2,1H3. The lowest BCUT2D eigenvalue weighted by molar-refractivity contribution is -0.141. The Balaban J connectivity index is 2.42. The van der Waals surface area contributed by atoms with Crippen LogP contribution in [0.2, 0.25) is 0 Å². The van der Waals surface area contributed by atoms with E-state index in [1.54, 1.807) is 0 Å². The monoisotopic (exact) mass is 193 g/mol. The number of carbonyl (C=O) groups excluding carboxylic acids is 2. The van der Waals surface area contributed by atoms with Crippen LogP contribution in [0.15, 0.2) is 23.3 Å². The van der Waals surface area contributed by atoms with E-state index in [0.29, 0.717) is 17.6 Å². The molecule has 2 rings (SSSR count). The van der Waals surface area contributed by atoms with Gasteiger partial charge in [0.05, 0.1) is 0 Å². The largest absolute Gasteiger partial charge is 0.376 e. The molecule has 74 valence electrons. The first-order valence-electron chi connectivity index (χ1n) is 4.53. The summed E-state index contributed by atoms with van der Waals surface area (Å²) >= 11 is 0. The van der Waals surface area contributed by atoms with Crippen molar-refractivity contribution in [2.45, 2.75) is 13.3 Å². The van der Waals surface area contributed by atoms with Crippen molar-refractivity contribution in [3.63, 3.8) is 0 Å². The Morgan fingerprint density at radius 3 is 2.79 bits per heavy atom. The molecular formula is C10H11NO3. The van der Waals surface area contributed by atoms with Gasteiger partial charge in [0.15, 0.2) is 0 Å². The van der Waals surface area contributed by atoms with Gasteiger partial charge in [-0.15, -0.1) is 0 Å². The molecule has 4 heteroatoms. The first-order valence-corrected chi connectivity index (χ1v) is 4.53. The summed E-state index contributed by atoms with van der Waals surface area (Å²) in [7, 11) is 0. The molecule has 0 saturated carbocycles. The third-order valence-corrected chi connectivity index (χ3v) is 2.65. The highest BCUT2D eigenvalue weighted by molar-refractivity contribution is 6.19. The fourth-order valence-electron chi connectivity index (χ4n) is 1.93. The number of carbonyl (C=O) groups is 2. The van der Waals surface area contributed by atoms with Crippen LogP contribution in [-0.4, -0.2) is 28.6 Å². The Bertz CT molecular complexity index is 368. The Labute approximate surface area is 81.5 Å². The third-order valence-electron chi connectivity index (χ3n) is 2.65. The van der Waals surface area contributed by atoms with Crippen molar-refractivity contribution in [3.8, 4) is 0 Å². The summed E-state index contributed by atoms with van der Waals surface area (Å²) in [6.45, 7) is 1.34. The second-order valence-corrected chi connectivity index (χ2v) is 3.49. The first kappa shape index (κ1) is 9.15. The number of hydrogen-bond acceptors (Lipinski definition) is 3. The Morgan fingerprint density at radius 1 is 1.50 bits per heavy atom. The SMILES string of the molecule is CC1C=CCC2=C1C(=O)N(CO)C2=O. The molecule has 1 unspecified atom stereocenters. The van der Waals surface area contributed by atoms with E-state index in [1.165, 1.54) is 0 Å². The molecule has 0 aromatic rings. The van der Waals surface area contributed by atoms with E-state index in [4.69, 9.17) is 5.11 Å². The quantitative estimate of drug-likeness (QED) is 0.478. The lowest BCUT2D eigenvalue weighted by Crippen LogP contribution is -2.32. The van der Waals surface area contributed by atoms with E-state index in [1.807, 2.05) is 19.1 Å². The van der Waals surface area contributed by atoms with E-state index < -0.39 is 6.73 Å². The van der Waals surface area contributed by atoms with Crippen molar-refractivity contribution in [2.24, 2.45) is 5.92 Å². The molecule has 1 atom stereocenters. The van der Waals surface area contributed by atoms with Gasteiger partial charge in [0.25, 0.3) is 11.8 Å². The van der Waals surface area contributed by atoms with Gasteiger partial charge in [0.1, 0.15) is 6.73 Å². The minimum Gasteiger partial charge on any atom is -0.376 e. The van der Waals surface area contributed by atoms with E-state index >= 15 is 0 Å². The highest BCUT2D eigenvalue weighted by atomic mass is 16.3. The van der Waals surface area contributed by atoms with Crippen LogP contribution in [0.1, 0.15) is 13.3 Å². The molecule has 2 amide bonds. The smallest absolute Gasteiger partial charge is 0.259 e. The average Bonchev–Trinajstić information content (AvgIpc) is 2.41. The van der Waals surface area contributed by atoms with E-state index in [9.17, 15) is 9.59 Å². The molecule has 1 aliphatic heterocycles. The van der Waals surface area contributed by atoms with Gasteiger partial charge in [0.2, 0.25) is 0 Å². The summed E-state index contributed by atoms with van der Waals surface area (Å²) in [4.78, 5) is 24.1. The lowest BCUT2D eigenvalue weighted by Gasteiger charge is -2.12. The predicted octanol–water partition coefficient (Wildman–Crippen LogP) is 0.198. The molecule has 0 spiro atoms. The third kappa shape index (κ3) is 1.04. The molecule has 2 aliphatic rings. The van der Waals surface area contributed by atoms with Crippen LogP contribution in [-0.2, 0) is 9.59 Å². The number of hydrogen-bond donors (Lipinski definition) is 1. The molecule has 14 heavy (non-hydrogen) atoms. The maximum Gasteiger partial charge on any atom is 0.259 e. The van der Waals surface area contributed by atoms with Crippen molar-refractivity contribution in [3.05, 3.63) is 23.3 Å². The van der Waals surface area contributed by atoms with Gasteiger partial charge in [-0.2, -0.15) is 0 Å². The highest BCUT2D eigenvalue weighted by Crippen LogP contribution is 2.32. The zero-order valence-corrected chi connectivity index (χ0v) is 7.86. The molecule has 0 aromatic carbocycles. The van der Waals surface area contributed by atoms with Crippen molar-refractivity contribution >= 4 is 11.8 Å². The topological polar surface area (TPSA) is 57.6 Å². The molecule has 4 nitrogen and oxygen atoms in total. The van der Waals surface area contributed by atoms with Crippen LogP contribution in [0.3, 0.4) is 0 Å². The average molecular weight is 193 g/mol. The van der Waals surface area contributed by atoms with Gasteiger partial charge in [-0.1, -0.05) is 19.1 Å². The van der Waals surface area contributed by atoms with E-state index in [2.05, 4.69) is 0 Å². The molecule has 0 aromatic heterocycles. The van der Waals surface area contributed by atoms with Gasteiger partial charge in [-0.05, 0) is 6.42 Å². The van der Waals surface area contributed by atoms with Gasteiger partial charge in [-0.3, -0.25) is 14.5 Å². The fraction of sp³-hybridized carbons (Fsp3) is 0.400. The van der Waals surface area contributed by atoms with Crippen LogP contribution in [0.5, 0.6) is 0 Å². The summed E-state index contributed by atoms with van der Waals surface area (Å²) in [5.41, 5.74) is 1.09. The van der Waals surface area contributed by atoms with Crippen LogP contribution < -0.4 is 0 Å². The van der Waals surface area contributed by atoms with Crippen molar-refractivity contribution < 1.29 is 14.7 Å². The molecule has 1 aliphatic carbocycles. The maximum atomic E-state index is 11.6. The summed E-state index contributed by atoms with van der Waals surface area (Å²) in [5.74, 6) is -0.709. The molecule has 0 bridgehead atoms. The number of aliphatic hydroxyl groups is 1. The summed E-state index contributed by atoms with van der Waals surface area (Å²) < 4.78 is 0. The lowest BCUT2D eigenvalue weighted by atomic mass is 9.90. The number of rotatable bonds is 1. The molecule has 1 heterocycles. The second kappa shape index (κ2) is 3.06. The van der Waals surface area contributed by atoms with Gasteiger partial charge < -0.3 is 5.11 Å². The van der Waals surface area contributed by atoms with E-state index in [0.717, 1.165) is 4.90 Å². The normalized spacial score (nSPS) is 26.1. The number of nitrogens with zero attached hydrogens (tertiary/aromatic N) is 1. The molecule has 0 fully saturated rings. The summed E-state index contributed by atoms with van der Waals surface area (Å²) in [6, 6.07) is 0. The summed E-state index contributed by atoms with van der Waals surface area (Å²) in [5, 5.41) is 8.88. The Hall–Kier alpha value is -1.42. The van der Waals surface area contributed by atoms with Crippen molar-refractivity contribution in [1.82, 2.24) is 4.90 Å². The first-order chi connectivity index (χ1) is 6.66. The van der Waals surface area contributed by atoms with Crippen LogP contribution in [0.25, 0.3) is 0 Å². The molecular weight excluding hydrogens is 182 g/mol. The minimum atomic E-state index is -0.530. The molecule has 0 radical (unpaired) electrons. The number of imide groups is 1. The van der Waals surface area contributed by atoms with Crippen molar-refractivity contribution in [1.29, 1.82) is 0 Å². The number of aliphatic hydroxyl groups excluding tert-OH is 1. The van der Waals surface area contributed by atoms with Gasteiger partial charge in [-0.25, -0.2) is 0 Å². The van der Waals surface area contributed by atoms with Crippen LogP contribution >= 0.6 is 0 Å². The van der Waals surface area contributed by atoms with Crippen molar-refractivity contribution in [2.75, 3.05) is 6.73 Å². The fourth-order valence-corrected chi connectivity index (χ4v) is 1.93. The zero-order valence-electron chi connectivity index (χ0n) is 7.86. The Kier molecular flexibility index (Phi) is 2.00. The van der Waals surface area contributed by atoms with E-state index in [-0.39, 0.29) is 17.7 Å². The zero-order chi connectivity index (χ0) is 10.3. The van der Waals surface area contributed by atoms with Crippen LogP contribution in [0.4, 0.5) is 0 Å². The van der Waals surface area contributed by atoms with Gasteiger partial charge >= 0.3 is 0 Å². The summed E-state index contributed by atoms with van der Waals surface area (Å²) in [6.07, 6.45) is 4.29. The Morgan fingerprint density at radius 2 is 2.21 bits per heavy atom. The van der Waals surface area contributed by atoms with Crippen LogP contribution in [0, 0.1) is 5.92 Å². The van der Waals surface area contributed by atoms with Gasteiger partial charge in [0, 0.05) is 17.1 Å². The molecule has 1 N–H and O–H groups in total. The predicted molar refractivity (Wildman–Crippen MR) is 48.9 cm³/mol. The number of allylic oxidation sites excluding steroid dienone is 2.